The van der Waals surface area contributed by atoms with Crippen molar-refractivity contribution in [2.24, 2.45) is 0 Å². The van der Waals surface area contributed by atoms with Crippen LogP contribution >= 0.6 is 0 Å². The van der Waals surface area contributed by atoms with Crippen LogP contribution in [0.5, 0.6) is 0 Å². The third-order valence-corrected chi connectivity index (χ3v) is 2.84. The molecule has 0 saturated carbocycles. The Kier molecular flexibility index (Phi) is 2.84. The zero-order valence-corrected chi connectivity index (χ0v) is 9.82. The second-order valence-corrected chi connectivity index (χ2v) is 4.03. The van der Waals surface area contributed by atoms with Gasteiger partial charge < -0.3 is 0 Å². The molecule has 86 valence electrons. The number of benzene rings is 1. The lowest BCUT2D eigenvalue weighted by molar-refractivity contribution is 1.32. The molecule has 2 nitrogen and oxygen atoms in total. The molecule has 0 N–H and O–H groups in total. The average molecular weight is 232 g/mol. The van der Waals surface area contributed by atoms with Gasteiger partial charge in [-0.2, -0.15) is 0 Å². The summed E-state index contributed by atoms with van der Waals surface area (Å²) in [5.41, 5.74) is 3.35. The van der Waals surface area contributed by atoms with Crippen LogP contribution in [0, 0.1) is 0 Å². The molecule has 0 atom stereocenters. The molecule has 0 aliphatic rings. The van der Waals surface area contributed by atoms with E-state index < -0.39 is 0 Å². The van der Waals surface area contributed by atoms with Crippen LogP contribution in [-0.2, 0) is 0 Å². The highest BCUT2D eigenvalue weighted by Gasteiger charge is 1.97. The van der Waals surface area contributed by atoms with Crippen molar-refractivity contribution in [1.82, 2.24) is 9.97 Å². The SMILES string of the molecule is C(=Cc1cccc2ncccc12)c1ccncc1. The Morgan fingerprint density at radius 2 is 1.67 bits per heavy atom. The molecule has 2 aromatic heterocycles. The lowest BCUT2D eigenvalue weighted by Gasteiger charge is -2.00. The van der Waals surface area contributed by atoms with Crippen LogP contribution in [0.2, 0.25) is 0 Å². The molecule has 3 aromatic rings. The molecule has 0 aliphatic heterocycles. The van der Waals surface area contributed by atoms with Crippen molar-refractivity contribution in [2.45, 2.75) is 0 Å². The van der Waals surface area contributed by atoms with Gasteiger partial charge in [0, 0.05) is 24.0 Å². The topological polar surface area (TPSA) is 25.8 Å². The first kappa shape index (κ1) is 10.7. The third kappa shape index (κ3) is 2.13. The van der Waals surface area contributed by atoms with Crippen LogP contribution in [0.1, 0.15) is 11.1 Å². The Hall–Kier alpha value is -2.48. The summed E-state index contributed by atoms with van der Waals surface area (Å²) in [6.07, 6.45) is 9.61. The van der Waals surface area contributed by atoms with Crippen LogP contribution in [0.15, 0.2) is 61.1 Å². The van der Waals surface area contributed by atoms with Crippen LogP contribution in [0.3, 0.4) is 0 Å². The maximum absolute atomic E-state index is 4.35. The van der Waals surface area contributed by atoms with E-state index in [1.807, 2.05) is 36.5 Å². The van der Waals surface area contributed by atoms with E-state index in [9.17, 15) is 0 Å². The van der Waals surface area contributed by atoms with Crippen molar-refractivity contribution in [3.05, 3.63) is 72.2 Å². The van der Waals surface area contributed by atoms with E-state index in [2.05, 4.69) is 34.3 Å². The van der Waals surface area contributed by atoms with Crippen molar-refractivity contribution < 1.29 is 0 Å². The molecular formula is C16H12N2. The number of nitrogens with zero attached hydrogens (tertiary/aromatic N) is 2. The summed E-state index contributed by atoms with van der Waals surface area (Å²) in [7, 11) is 0. The van der Waals surface area contributed by atoms with E-state index in [0.29, 0.717) is 0 Å². The molecule has 0 unspecified atom stereocenters. The first-order valence-corrected chi connectivity index (χ1v) is 5.85. The van der Waals surface area contributed by atoms with Gasteiger partial charge in [-0.15, -0.1) is 0 Å². The third-order valence-electron chi connectivity index (χ3n) is 2.84. The lowest BCUT2D eigenvalue weighted by atomic mass is 10.1. The van der Waals surface area contributed by atoms with Crippen molar-refractivity contribution in [3.8, 4) is 0 Å². The summed E-state index contributed by atoms with van der Waals surface area (Å²) in [6.45, 7) is 0. The highest BCUT2D eigenvalue weighted by Crippen LogP contribution is 2.18. The molecule has 0 radical (unpaired) electrons. The summed E-state index contributed by atoms with van der Waals surface area (Å²) in [5.74, 6) is 0. The van der Waals surface area contributed by atoms with E-state index >= 15 is 0 Å². The molecule has 0 bridgehead atoms. The van der Waals surface area contributed by atoms with Gasteiger partial charge in [0.05, 0.1) is 5.52 Å². The normalized spacial score (nSPS) is 11.1. The Bertz CT molecular complexity index is 682. The van der Waals surface area contributed by atoms with Gasteiger partial charge in [-0.25, -0.2) is 0 Å². The predicted molar refractivity (Wildman–Crippen MR) is 74.9 cm³/mol. The van der Waals surface area contributed by atoms with E-state index in [-0.39, 0.29) is 0 Å². The van der Waals surface area contributed by atoms with Crippen LogP contribution in [-0.4, -0.2) is 9.97 Å². The number of hydrogen-bond donors (Lipinski definition) is 0. The van der Waals surface area contributed by atoms with Crippen LogP contribution in [0.4, 0.5) is 0 Å². The quantitative estimate of drug-likeness (QED) is 0.671. The zero-order valence-electron chi connectivity index (χ0n) is 9.82. The monoisotopic (exact) mass is 232 g/mol. The largest absolute Gasteiger partial charge is 0.265 e. The summed E-state index contributed by atoms with van der Waals surface area (Å²) >= 11 is 0. The Morgan fingerprint density at radius 3 is 2.56 bits per heavy atom. The molecule has 0 aliphatic carbocycles. The van der Waals surface area contributed by atoms with Crippen LogP contribution < -0.4 is 0 Å². The molecule has 1 aromatic carbocycles. The maximum Gasteiger partial charge on any atom is 0.0707 e. The van der Waals surface area contributed by atoms with Crippen LogP contribution in [0.25, 0.3) is 23.1 Å². The molecule has 0 amide bonds. The van der Waals surface area contributed by atoms with Gasteiger partial charge in [0.2, 0.25) is 0 Å². The number of hydrogen-bond acceptors (Lipinski definition) is 2. The molecular weight excluding hydrogens is 220 g/mol. The van der Waals surface area contributed by atoms with Gasteiger partial charge in [-0.3, -0.25) is 9.97 Å². The molecule has 18 heavy (non-hydrogen) atoms. The van der Waals surface area contributed by atoms with Crippen molar-refractivity contribution in [3.63, 3.8) is 0 Å². The first-order valence-electron chi connectivity index (χ1n) is 5.85. The molecule has 0 fully saturated rings. The van der Waals surface area contributed by atoms with Gasteiger partial charge >= 0.3 is 0 Å². The zero-order chi connectivity index (χ0) is 12.2. The molecule has 2 heteroatoms. The number of rotatable bonds is 2. The molecule has 0 saturated heterocycles. The fourth-order valence-corrected chi connectivity index (χ4v) is 1.93. The molecule has 2 heterocycles. The number of aromatic nitrogens is 2. The smallest absolute Gasteiger partial charge is 0.0707 e. The average Bonchev–Trinajstić information content (AvgIpc) is 2.46. The standard InChI is InChI=1S/C16H12N2/c1-3-14(7-6-13-8-11-17-12-9-13)15-4-2-10-18-16(15)5-1/h1-12H. The minimum Gasteiger partial charge on any atom is -0.265 e. The van der Waals surface area contributed by atoms with Gasteiger partial charge in [-0.05, 0) is 35.4 Å². The second kappa shape index (κ2) is 4.80. The summed E-state index contributed by atoms with van der Waals surface area (Å²) in [5, 5.41) is 1.17. The highest BCUT2D eigenvalue weighted by molar-refractivity contribution is 5.90. The number of fused-ring (bicyclic) bond motifs is 1. The fourth-order valence-electron chi connectivity index (χ4n) is 1.93. The minimum atomic E-state index is 1.02. The minimum absolute atomic E-state index is 1.02. The lowest BCUT2D eigenvalue weighted by Crippen LogP contribution is -1.81. The molecule has 0 spiro atoms. The van der Waals surface area contributed by atoms with Crippen molar-refractivity contribution in [1.29, 1.82) is 0 Å². The Morgan fingerprint density at radius 1 is 0.778 bits per heavy atom. The highest BCUT2D eigenvalue weighted by atomic mass is 14.6. The number of pyridine rings is 2. The maximum atomic E-state index is 4.35. The van der Waals surface area contributed by atoms with Gasteiger partial charge in [0.1, 0.15) is 0 Å². The summed E-state index contributed by atoms with van der Waals surface area (Å²) in [6, 6.07) is 14.2. The Balaban J connectivity index is 2.03. The van der Waals surface area contributed by atoms with Gasteiger partial charge in [0.25, 0.3) is 0 Å². The van der Waals surface area contributed by atoms with Crippen molar-refractivity contribution in [2.75, 3.05) is 0 Å². The second-order valence-electron chi connectivity index (χ2n) is 4.03. The Labute approximate surface area is 106 Å². The molecule has 3 rings (SSSR count). The first-order chi connectivity index (χ1) is 8.93. The van der Waals surface area contributed by atoms with Gasteiger partial charge in [-0.1, -0.05) is 30.4 Å². The van der Waals surface area contributed by atoms with E-state index in [0.717, 1.165) is 11.1 Å². The fraction of sp³-hybridized carbons (Fsp3) is 0. The van der Waals surface area contributed by atoms with Crippen molar-refractivity contribution >= 4 is 23.1 Å². The van der Waals surface area contributed by atoms with Gasteiger partial charge in [0.15, 0.2) is 0 Å². The summed E-state index contributed by atoms with van der Waals surface area (Å²) in [4.78, 5) is 8.36. The van der Waals surface area contributed by atoms with E-state index in [1.54, 1.807) is 12.4 Å². The van der Waals surface area contributed by atoms with E-state index in [1.165, 1.54) is 10.9 Å². The summed E-state index contributed by atoms with van der Waals surface area (Å²) < 4.78 is 0. The predicted octanol–water partition coefficient (Wildman–Crippen LogP) is 3.80. The van der Waals surface area contributed by atoms with E-state index in [4.69, 9.17) is 0 Å².